The zero-order valence-electron chi connectivity index (χ0n) is 11.2. The van der Waals surface area contributed by atoms with Crippen molar-refractivity contribution in [2.45, 2.75) is 39.5 Å². The summed E-state index contributed by atoms with van der Waals surface area (Å²) in [6.45, 7) is 9.02. The van der Waals surface area contributed by atoms with Gasteiger partial charge < -0.3 is 4.90 Å². The molecule has 1 aromatic rings. The first kappa shape index (κ1) is 13.2. The lowest BCUT2D eigenvalue weighted by molar-refractivity contribution is 0.332. The minimum atomic E-state index is 0.717. The SMILES string of the molecule is CCC(CCN(C)CC)c1cccc(C)c1. The fraction of sp³-hybridized carbons (Fsp3) is 0.600. The summed E-state index contributed by atoms with van der Waals surface area (Å²) >= 11 is 0. The Balaban J connectivity index is 2.60. The third kappa shape index (κ3) is 3.97. The number of rotatable bonds is 6. The van der Waals surface area contributed by atoms with Crippen LogP contribution in [-0.2, 0) is 0 Å². The minimum absolute atomic E-state index is 0.717. The van der Waals surface area contributed by atoms with Gasteiger partial charge in [-0.15, -0.1) is 0 Å². The Kier molecular flexibility index (Phi) is 5.54. The summed E-state index contributed by atoms with van der Waals surface area (Å²) in [4.78, 5) is 2.39. The zero-order valence-corrected chi connectivity index (χ0v) is 11.2. The third-order valence-corrected chi connectivity index (χ3v) is 3.41. The van der Waals surface area contributed by atoms with Gasteiger partial charge in [-0.1, -0.05) is 43.7 Å². The molecule has 90 valence electrons. The van der Waals surface area contributed by atoms with Gasteiger partial charge in [0.1, 0.15) is 0 Å². The highest BCUT2D eigenvalue weighted by Crippen LogP contribution is 2.24. The van der Waals surface area contributed by atoms with Gasteiger partial charge in [0.25, 0.3) is 0 Å². The second kappa shape index (κ2) is 6.70. The molecule has 0 saturated heterocycles. The lowest BCUT2D eigenvalue weighted by Gasteiger charge is -2.20. The third-order valence-electron chi connectivity index (χ3n) is 3.41. The predicted molar refractivity (Wildman–Crippen MR) is 72.0 cm³/mol. The normalized spacial score (nSPS) is 13.1. The van der Waals surface area contributed by atoms with Crippen molar-refractivity contribution in [2.75, 3.05) is 20.1 Å². The van der Waals surface area contributed by atoms with Crippen molar-refractivity contribution < 1.29 is 0 Å². The summed E-state index contributed by atoms with van der Waals surface area (Å²) in [7, 11) is 2.20. The van der Waals surface area contributed by atoms with Crippen molar-refractivity contribution in [2.24, 2.45) is 0 Å². The van der Waals surface area contributed by atoms with Crippen molar-refractivity contribution in [1.29, 1.82) is 0 Å². The van der Waals surface area contributed by atoms with E-state index in [1.807, 2.05) is 0 Å². The second-order valence-electron chi connectivity index (χ2n) is 4.70. The van der Waals surface area contributed by atoms with Gasteiger partial charge in [-0.3, -0.25) is 0 Å². The first-order valence-electron chi connectivity index (χ1n) is 6.42. The van der Waals surface area contributed by atoms with Gasteiger partial charge in [-0.05, 0) is 51.4 Å². The Bertz CT molecular complexity index is 306. The molecule has 1 rings (SSSR count). The molecule has 0 aliphatic heterocycles. The van der Waals surface area contributed by atoms with Crippen LogP contribution in [0, 0.1) is 6.92 Å². The molecule has 1 unspecified atom stereocenters. The summed E-state index contributed by atoms with van der Waals surface area (Å²) in [5.74, 6) is 0.717. The monoisotopic (exact) mass is 219 g/mol. The van der Waals surface area contributed by atoms with Crippen LogP contribution in [0.1, 0.15) is 43.7 Å². The molecule has 0 radical (unpaired) electrons. The van der Waals surface area contributed by atoms with Gasteiger partial charge in [-0.2, -0.15) is 0 Å². The molecule has 0 fully saturated rings. The average Bonchev–Trinajstić information content (AvgIpc) is 2.29. The van der Waals surface area contributed by atoms with Gasteiger partial charge in [-0.25, -0.2) is 0 Å². The van der Waals surface area contributed by atoms with Crippen LogP contribution in [-0.4, -0.2) is 25.0 Å². The molecular formula is C15H25N. The van der Waals surface area contributed by atoms with Crippen LogP contribution >= 0.6 is 0 Å². The quantitative estimate of drug-likeness (QED) is 0.703. The van der Waals surface area contributed by atoms with Crippen LogP contribution in [0.2, 0.25) is 0 Å². The molecule has 1 heteroatoms. The number of hydrogen-bond donors (Lipinski definition) is 0. The van der Waals surface area contributed by atoms with Crippen molar-refractivity contribution in [1.82, 2.24) is 4.90 Å². The topological polar surface area (TPSA) is 3.24 Å². The number of hydrogen-bond acceptors (Lipinski definition) is 1. The van der Waals surface area contributed by atoms with E-state index in [0.717, 1.165) is 6.54 Å². The molecule has 0 N–H and O–H groups in total. The molecule has 0 aliphatic rings. The van der Waals surface area contributed by atoms with E-state index in [0.29, 0.717) is 5.92 Å². The van der Waals surface area contributed by atoms with E-state index in [2.05, 4.69) is 57.0 Å². The lowest BCUT2D eigenvalue weighted by Crippen LogP contribution is -2.20. The van der Waals surface area contributed by atoms with E-state index in [-0.39, 0.29) is 0 Å². The summed E-state index contributed by atoms with van der Waals surface area (Å²) < 4.78 is 0. The predicted octanol–water partition coefficient (Wildman–Crippen LogP) is 3.83. The van der Waals surface area contributed by atoms with E-state index >= 15 is 0 Å². The van der Waals surface area contributed by atoms with Crippen LogP contribution < -0.4 is 0 Å². The first-order valence-corrected chi connectivity index (χ1v) is 6.42. The van der Waals surface area contributed by atoms with Crippen LogP contribution in [0.25, 0.3) is 0 Å². The molecule has 1 nitrogen and oxygen atoms in total. The lowest BCUT2D eigenvalue weighted by atomic mass is 9.92. The van der Waals surface area contributed by atoms with Crippen molar-refractivity contribution in [3.63, 3.8) is 0 Å². The van der Waals surface area contributed by atoms with Gasteiger partial charge in [0.2, 0.25) is 0 Å². The maximum absolute atomic E-state index is 2.39. The Morgan fingerprint density at radius 3 is 2.56 bits per heavy atom. The highest BCUT2D eigenvalue weighted by atomic mass is 15.1. The molecule has 0 spiro atoms. The first-order chi connectivity index (χ1) is 7.67. The highest BCUT2D eigenvalue weighted by molar-refractivity contribution is 5.25. The Hall–Kier alpha value is -0.820. The van der Waals surface area contributed by atoms with Crippen LogP contribution in [0.4, 0.5) is 0 Å². The summed E-state index contributed by atoms with van der Waals surface area (Å²) in [6, 6.07) is 8.96. The number of benzene rings is 1. The number of aryl methyl sites for hydroxylation is 1. The smallest absolute Gasteiger partial charge is 0.00161 e. The fourth-order valence-electron chi connectivity index (χ4n) is 2.06. The van der Waals surface area contributed by atoms with Crippen molar-refractivity contribution >= 4 is 0 Å². The Morgan fingerprint density at radius 2 is 2.00 bits per heavy atom. The molecule has 0 amide bonds. The van der Waals surface area contributed by atoms with E-state index in [1.165, 1.54) is 30.5 Å². The van der Waals surface area contributed by atoms with Crippen molar-refractivity contribution in [3.8, 4) is 0 Å². The molecule has 0 bridgehead atoms. The van der Waals surface area contributed by atoms with Crippen LogP contribution in [0.15, 0.2) is 24.3 Å². The zero-order chi connectivity index (χ0) is 12.0. The Morgan fingerprint density at radius 1 is 1.25 bits per heavy atom. The molecular weight excluding hydrogens is 194 g/mol. The average molecular weight is 219 g/mol. The second-order valence-corrected chi connectivity index (χ2v) is 4.70. The molecule has 0 aromatic heterocycles. The molecule has 16 heavy (non-hydrogen) atoms. The summed E-state index contributed by atoms with van der Waals surface area (Å²) in [5, 5.41) is 0. The summed E-state index contributed by atoms with van der Waals surface area (Å²) in [5.41, 5.74) is 2.88. The van der Waals surface area contributed by atoms with E-state index in [9.17, 15) is 0 Å². The Labute approximate surface area is 100 Å². The van der Waals surface area contributed by atoms with E-state index in [4.69, 9.17) is 0 Å². The van der Waals surface area contributed by atoms with Gasteiger partial charge in [0.15, 0.2) is 0 Å². The maximum atomic E-state index is 2.39. The molecule has 1 aromatic carbocycles. The van der Waals surface area contributed by atoms with Gasteiger partial charge >= 0.3 is 0 Å². The van der Waals surface area contributed by atoms with Gasteiger partial charge in [0.05, 0.1) is 0 Å². The van der Waals surface area contributed by atoms with E-state index in [1.54, 1.807) is 0 Å². The van der Waals surface area contributed by atoms with Gasteiger partial charge in [0, 0.05) is 0 Å². The van der Waals surface area contributed by atoms with Crippen LogP contribution in [0.3, 0.4) is 0 Å². The maximum Gasteiger partial charge on any atom is -0.00161 e. The summed E-state index contributed by atoms with van der Waals surface area (Å²) in [6.07, 6.45) is 2.51. The van der Waals surface area contributed by atoms with E-state index < -0.39 is 0 Å². The standard InChI is InChI=1S/C15H25N/c1-5-14(10-11-16(4)6-2)15-9-7-8-13(3)12-15/h7-9,12,14H,5-6,10-11H2,1-4H3. The molecule has 1 atom stereocenters. The fourth-order valence-corrected chi connectivity index (χ4v) is 2.06. The number of nitrogens with zero attached hydrogens (tertiary/aromatic N) is 1. The minimum Gasteiger partial charge on any atom is -0.307 e. The van der Waals surface area contributed by atoms with Crippen molar-refractivity contribution in [3.05, 3.63) is 35.4 Å². The largest absolute Gasteiger partial charge is 0.307 e. The highest BCUT2D eigenvalue weighted by Gasteiger charge is 2.09. The molecule has 0 aliphatic carbocycles. The molecule has 0 heterocycles. The van der Waals surface area contributed by atoms with Crippen LogP contribution in [0.5, 0.6) is 0 Å². The molecule has 0 saturated carbocycles.